The summed E-state index contributed by atoms with van der Waals surface area (Å²) in [4.78, 5) is 19.0. The van der Waals surface area contributed by atoms with Gasteiger partial charge in [-0.1, -0.05) is 35.9 Å². The van der Waals surface area contributed by atoms with Gasteiger partial charge in [0.05, 0.1) is 15.9 Å². The highest BCUT2D eigenvalue weighted by molar-refractivity contribution is 6.50. The lowest BCUT2D eigenvalue weighted by molar-refractivity contribution is -0.0498. The van der Waals surface area contributed by atoms with Crippen LogP contribution in [0.4, 0.5) is 8.78 Å². The molecule has 122 valence electrons. The third kappa shape index (κ3) is 3.60. The molecule has 1 N–H and O–H groups in total. The minimum Gasteiger partial charge on any atom is -0.435 e. The lowest BCUT2D eigenvalue weighted by Crippen LogP contribution is -2.10. The molecule has 1 heterocycles. The minimum absolute atomic E-state index is 0.0514. The molecule has 24 heavy (non-hydrogen) atoms. The van der Waals surface area contributed by atoms with E-state index in [1.54, 1.807) is 42.5 Å². The van der Waals surface area contributed by atoms with E-state index in [0.717, 1.165) is 0 Å². The first-order valence-electron chi connectivity index (χ1n) is 6.94. The Labute approximate surface area is 140 Å². The molecule has 0 saturated carbocycles. The Kier molecular flexibility index (Phi) is 4.57. The van der Waals surface area contributed by atoms with E-state index in [9.17, 15) is 13.6 Å². The lowest BCUT2D eigenvalue weighted by atomic mass is 10.2. The molecule has 0 radical (unpaired) electrons. The second kappa shape index (κ2) is 6.80. The summed E-state index contributed by atoms with van der Waals surface area (Å²) in [5.41, 5.74) is 0.892. The van der Waals surface area contributed by atoms with Gasteiger partial charge in [-0.15, -0.1) is 0 Å². The van der Waals surface area contributed by atoms with Crippen molar-refractivity contribution >= 4 is 33.6 Å². The number of hydrogen-bond acceptors (Lipinski definition) is 3. The van der Waals surface area contributed by atoms with Crippen LogP contribution in [-0.4, -0.2) is 16.6 Å². The molecular weight excluding hydrogens is 338 g/mol. The average Bonchev–Trinajstić information content (AvgIpc) is 2.56. The van der Waals surface area contributed by atoms with Crippen LogP contribution in [0.3, 0.4) is 0 Å². The summed E-state index contributed by atoms with van der Waals surface area (Å²) in [6, 6.07) is 12.9. The normalized spacial score (nSPS) is 11.9. The number of rotatable bonds is 4. The molecule has 0 saturated heterocycles. The third-order valence-electron chi connectivity index (χ3n) is 3.24. The van der Waals surface area contributed by atoms with Crippen molar-refractivity contribution in [3.05, 3.63) is 70.3 Å². The van der Waals surface area contributed by atoms with Gasteiger partial charge in [-0.05, 0) is 35.9 Å². The quantitative estimate of drug-likeness (QED) is 0.766. The molecule has 0 atom stereocenters. The summed E-state index contributed by atoms with van der Waals surface area (Å²) in [6.07, 6.45) is 1.57. The first kappa shape index (κ1) is 16.1. The SMILES string of the molecule is O=c1[nH]c(/C(Cl)=C/c2ccc(OC(F)F)cc2)nc2ccccc12. The van der Waals surface area contributed by atoms with E-state index < -0.39 is 6.61 Å². The number of benzene rings is 2. The highest BCUT2D eigenvalue weighted by Gasteiger charge is 2.07. The van der Waals surface area contributed by atoms with E-state index in [-0.39, 0.29) is 22.2 Å². The van der Waals surface area contributed by atoms with Gasteiger partial charge in [-0.2, -0.15) is 8.78 Å². The van der Waals surface area contributed by atoms with E-state index >= 15 is 0 Å². The number of para-hydroxylation sites is 1. The Morgan fingerprint density at radius 1 is 1.17 bits per heavy atom. The summed E-state index contributed by atoms with van der Waals surface area (Å²) < 4.78 is 28.5. The zero-order valence-electron chi connectivity index (χ0n) is 12.2. The van der Waals surface area contributed by atoms with Gasteiger partial charge in [-0.25, -0.2) is 4.98 Å². The van der Waals surface area contributed by atoms with Gasteiger partial charge in [0.15, 0.2) is 5.82 Å². The number of nitrogens with one attached hydrogen (secondary N) is 1. The first-order valence-corrected chi connectivity index (χ1v) is 7.32. The molecule has 7 heteroatoms. The lowest BCUT2D eigenvalue weighted by Gasteiger charge is -2.05. The zero-order valence-corrected chi connectivity index (χ0v) is 12.9. The second-order valence-electron chi connectivity index (χ2n) is 4.87. The number of alkyl halides is 2. The number of nitrogens with zero attached hydrogens (tertiary/aromatic N) is 1. The van der Waals surface area contributed by atoms with Crippen LogP contribution in [0.1, 0.15) is 11.4 Å². The van der Waals surface area contributed by atoms with Gasteiger partial charge in [0.2, 0.25) is 0 Å². The Morgan fingerprint density at radius 3 is 2.58 bits per heavy atom. The zero-order chi connectivity index (χ0) is 17.1. The first-order chi connectivity index (χ1) is 11.5. The summed E-state index contributed by atoms with van der Waals surface area (Å²) in [5.74, 6) is 0.281. The van der Waals surface area contributed by atoms with Crippen molar-refractivity contribution in [1.29, 1.82) is 0 Å². The van der Waals surface area contributed by atoms with Crippen LogP contribution in [0.5, 0.6) is 5.75 Å². The van der Waals surface area contributed by atoms with Crippen LogP contribution in [0, 0.1) is 0 Å². The highest BCUT2D eigenvalue weighted by atomic mass is 35.5. The van der Waals surface area contributed by atoms with E-state index in [0.29, 0.717) is 16.5 Å². The Hall–Kier alpha value is -2.73. The predicted octanol–water partition coefficient (Wildman–Crippen LogP) is 4.26. The average molecular weight is 349 g/mol. The maximum Gasteiger partial charge on any atom is 0.387 e. The molecule has 0 aliphatic heterocycles. The number of H-pyrrole nitrogens is 1. The van der Waals surface area contributed by atoms with Gasteiger partial charge < -0.3 is 9.72 Å². The predicted molar refractivity (Wildman–Crippen MR) is 89.2 cm³/mol. The van der Waals surface area contributed by atoms with Crippen molar-refractivity contribution in [2.24, 2.45) is 0 Å². The molecule has 4 nitrogen and oxygen atoms in total. The summed E-state index contributed by atoms with van der Waals surface area (Å²) >= 11 is 6.21. The maximum atomic E-state index is 12.1. The number of fused-ring (bicyclic) bond motifs is 1. The molecule has 0 aliphatic rings. The number of ether oxygens (including phenoxy) is 1. The molecule has 0 amide bonds. The molecule has 3 rings (SSSR count). The van der Waals surface area contributed by atoms with Crippen molar-refractivity contribution in [3.8, 4) is 5.75 Å². The van der Waals surface area contributed by atoms with E-state index in [1.165, 1.54) is 12.1 Å². The Morgan fingerprint density at radius 2 is 1.88 bits per heavy atom. The van der Waals surface area contributed by atoms with Crippen LogP contribution in [0.15, 0.2) is 53.3 Å². The number of aromatic nitrogens is 2. The molecule has 1 aromatic heterocycles. The van der Waals surface area contributed by atoms with Crippen LogP contribution in [0.2, 0.25) is 0 Å². The van der Waals surface area contributed by atoms with Gasteiger partial charge in [-0.3, -0.25) is 4.79 Å². The van der Waals surface area contributed by atoms with Gasteiger partial charge in [0.1, 0.15) is 5.75 Å². The van der Waals surface area contributed by atoms with Crippen LogP contribution >= 0.6 is 11.6 Å². The second-order valence-corrected chi connectivity index (χ2v) is 5.28. The standard InChI is InChI=1S/C17H11ClF2N2O2/c18-13(9-10-5-7-11(8-6-10)24-17(19)20)15-21-14-4-2-1-3-12(14)16(23)22-15/h1-9,17H,(H,21,22,23)/b13-9-. The van der Waals surface area contributed by atoms with E-state index in [1.807, 2.05) is 0 Å². The number of halogens is 3. The smallest absolute Gasteiger partial charge is 0.387 e. The monoisotopic (exact) mass is 348 g/mol. The summed E-state index contributed by atoms with van der Waals surface area (Å²) in [5, 5.41) is 0.694. The molecule has 0 fully saturated rings. The Balaban J connectivity index is 1.92. The molecule has 0 bridgehead atoms. The van der Waals surface area contributed by atoms with Crippen molar-refractivity contribution in [3.63, 3.8) is 0 Å². The van der Waals surface area contributed by atoms with E-state index in [2.05, 4.69) is 14.7 Å². The fourth-order valence-corrected chi connectivity index (χ4v) is 2.38. The van der Waals surface area contributed by atoms with Gasteiger partial charge in [0.25, 0.3) is 5.56 Å². The van der Waals surface area contributed by atoms with E-state index in [4.69, 9.17) is 11.6 Å². The molecule has 3 aromatic rings. The van der Waals surface area contributed by atoms with Crippen molar-refractivity contribution in [2.75, 3.05) is 0 Å². The molecule has 0 spiro atoms. The molecule has 2 aromatic carbocycles. The number of hydrogen-bond donors (Lipinski definition) is 1. The van der Waals surface area contributed by atoms with Crippen LogP contribution in [0.25, 0.3) is 22.0 Å². The molecular formula is C17H11ClF2N2O2. The molecule has 0 aliphatic carbocycles. The van der Waals surface area contributed by atoms with Crippen molar-refractivity contribution in [1.82, 2.24) is 9.97 Å². The maximum absolute atomic E-state index is 12.1. The summed E-state index contributed by atoms with van der Waals surface area (Å²) in [7, 11) is 0. The topological polar surface area (TPSA) is 55.0 Å². The van der Waals surface area contributed by atoms with Crippen molar-refractivity contribution < 1.29 is 13.5 Å². The fraction of sp³-hybridized carbons (Fsp3) is 0.0588. The fourth-order valence-electron chi connectivity index (χ4n) is 2.16. The minimum atomic E-state index is -2.87. The van der Waals surface area contributed by atoms with Gasteiger partial charge >= 0.3 is 6.61 Å². The molecule has 0 unspecified atom stereocenters. The van der Waals surface area contributed by atoms with Crippen molar-refractivity contribution in [2.45, 2.75) is 6.61 Å². The third-order valence-corrected chi connectivity index (χ3v) is 3.53. The van der Waals surface area contributed by atoms with Gasteiger partial charge in [0, 0.05) is 0 Å². The van der Waals surface area contributed by atoms with Crippen LogP contribution < -0.4 is 10.3 Å². The number of aromatic amines is 1. The highest BCUT2D eigenvalue weighted by Crippen LogP contribution is 2.22. The Bertz CT molecular complexity index is 953. The summed E-state index contributed by atoms with van der Waals surface area (Å²) in [6.45, 7) is -2.87. The largest absolute Gasteiger partial charge is 0.435 e. The van der Waals surface area contributed by atoms with Crippen LogP contribution in [-0.2, 0) is 0 Å².